The number of aromatic nitrogens is 2. The summed E-state index contributed by atoms with van der Waals surface area (Å²) in [5.74, 6) is -0.951. The molecule has 2 fully saturated rings. The predicted octanol–water partition coefficient (Wildman–Crippen LogP) is 4.75. The number of nitrogens with zero attached hydrogens (tertiary/aromatic N) is 4. The maximum atomic E-state index is 13.7. The lowest BCUT2D eigenvalue weighted by Crippen LogP contribution is -2.55. The van der Waals surface area contributed by atoms with Crippen LogP contribution in [-0.4, -0.2) is 56.7 Å². The Balaban J connectivity index is 1.63. The minimum Gasteiger partial charge on any atom is -0.336 e. The number of fused-ring (bicyclic) bond motifs is 1. The minimum absolute atomic E-state index is 0.122. The lowest BCUT2D eigenvalue weighted by Gasteiger charge is -2.40. The van der Waals surface area contributed by atoms with Crippen molar-refractivity contribution in [3.8, 4) is 0 Å². The van der Waals surface area contributed by atoms with Gasteiger partial charge >= 0.3 is 6.18 Å². The zero-order valence-corrected chi connectivity index (χ0v) is 18.8. The van der Waals surface area contributed by atoms with Gasteiger partial charge in [-0.25, -0.2) is 4.98 Å². The molecule has 0 spiro atoms. The van der Waals surface area contributed by atoms with Crippen molar-refractivity contribution in [2.24, 2.45) is 0 Å². The molecule has 0 aromatic carbocycles. The van der Waals surface area contributed by atoms with Crippen LogP contribution >= 0.6 is 11.6 Å². The lowest BCUT2D eigenvalue weighted by atomic mass is 9.93. The number of piperazine rings is 1. The normalized spacial score (nSPS) is 18.8. The summed E-state index contributed by atoms with van der Waals surface area (Å²) in [7, 11) is 0. The molecule has 1 aliphatic carbocycles. The van der Waals surface area contributed by atoms with Crippen LogP contribution in [0.3, 0.4) is 0 Å². The molecule has 0 bridgehead atoms. The van der Waals surface area contributed by atoms with Crippen molar-refractivity contribution in [3.63, 3.8) is 0 Å². The fraction of sp³-hybridized carbons (Fsp3) is 0.591. The van der Waals surface area contributed by atoms with E-state index in [9.17, 15) is 22.8 Å². The molecule has 1 aliphatic heterocycles. The van der Waals surface area contributed by atoms with Crippen molar-refractivity contribution in [3.05, 3.63) is 34.2 Å². The summed E-state index contributed by atoms with van der Waals surface area (Å²) in [5, 5.41) is -0.180. The first-order chi connectivity index (χ1) is 15.1. The van der Waals surface area contributed by atoms with Gasteiger partial charge in [0.1, 0.15) is 11.7 Å². The predicted molar refractivity (Wildman–Crippen MR) is 114 cm³/mol. The highest BCUT2D eigenvalue weighted by molar-refractivity contribution is 6.33. The number of imidazole rings is 1. The highest BCUT2D eigenvalue weighted by Crippen LogP contribution is 2.36. The largest absolute Gasteiger partial charge is 0.419 e. The monoisotopic (exact) mass is 470 g/mol. The zero-order chi connectivity index (χ0) is 23.2. The van der Waals surface area contributed by atoms with Crippen molar-refractivity contribution in [1.29, 1.82) is 0 Å². The van der Waals surface area contributed by atoms with E-state index in [-0.39, 0.29) is 35.3 Å². The fourth-order valence-electron chi connectivity index (χ4n) is 4.59. The van der Waals surface area contributed by atoms with Gasteiger partial charge in [-0.05, 0) is 30.4 Å². The molecule has 2 aromatic rings. The summed E-state index contributed by atoms with van der Waals surface area (Å²) in [5.41, 5.74) is -1.19. The Morgan fingerprint density at radius 3 is 2.47 bits per heavy atom. The molecule has 10 heteroatoms. The van der Waals surface area contributed by atoms with E-state index in [4.69, 9.17) is 11.6 Å². The van der Waals surface area contributed by atoms with Gasteiger partial charge in [-0.3, -0.25) is 14.0 Å². The van der Waals surface area contributed by atoms with Gasteiger partial charge in [0.05, 0.1) is 5.56 Å². The molecular formula is C22H26ClF3N4O2. The van der Waals surface area contributed by atoms with E-state index in [2.05, 4.69) is 4.98 Å². The third-order valence-electron chi connectivity index (χ3n) is 6.42. The third-order valence-corrected chi connectivity index (χ3v) is 6.78. The Labute approximate surface area is 189 Å². The molecule has 3 heterocycles. The number of hydrogen-bond donors (Lipinski definition) is 0. The van der Waals surface area contributed by atoms with Gasteiger partial charge in [0, 0.05) is 25.3 Å². The van der Waals surface area contributed by atoms with E-state index in [0.717, 1.165) is 36.2 Å². The number of carbonyl (C=O) groups excluding carboxylic acids is 2. The molecule has 1 saturated carbocycles. The number of alkyl halides is 3. The highest BCUT2D eigenvalue weighted by atomic mass is 35.5. The summed E-state index contributed by atoms with van der Waals surface area (Å²) in [4.78, 5) is 33.0. The van der Waals surface area contributed by atoms with E-state index in [1.807, 2.05) is 4.90 Å². The Morgan fingerprint density at radius 2 is 1.88 bits per heavy atom. The molecule has 32 heavy (non-hydrogen) atoms. The van der Waals surface area contributed by atoms with Gasteiger partial charge < -0.3 is 9.80 Å². The minimum atomic E-state index is -4.65. The summed E-state index contributed by atoms with van der Waals surface area (Å²) < 4.78 is 42.2. The molecule has 2 amide bonds. The fourth-order valence-corrected chi connectivity index (χ4v) is 4.84. The molecule has 1 saturated heterocycles. The van der Waals surface area contributed by atoms with Gasteiger partial charge in [-0.1, -0.05) is 44.7 Å². The maximum absolute atomic E-state index is 13.7. The van der Waals surface area contributed by atoms with Crippen molar-refractivity contribution in [1.82, 2.24) is 19.2 Å². The molecule has 0 atom stereocenters. The Morgan fingerprint density at radius 1 is 1.19 bits per heavy atom. The molecule has 0 unspecified atom stereocenters. The number of carbonyl (C=O) groups is 2. The van der Waals surface area contributed by atoms with E-state index in [1.54, 1.807) is 13.8 Å². The first-order valence-corrected chi connectivity index (χ1v) is 11.3. The second-order valence-electron chi connectivity index (χ2n) is 8.89. The van der Waals surface area contributed by atoms with E-state index in [1.165, 1.54) is 17.5 Å². The van der Waals surface area contributed by atoms with Gasteiger partial charge in [0.15, 0.2) is 11.3 Å². The van der Waals surface area contributed by atoms with E-state index < -0.39 is 23.3 Å². The van der Waals surface area contributed by atoms with Crippen molar-refractivity contribution < 1.29 is 22.8 Å². The van der Waals surface area contributed by atoms with E-state index in [0.29, 0.717) is 18.7 Å². The molecule has 4 rings (SSSR count). The topological polar surface area (TPSA) is 57.9 Å². The Kier molecular flexibility index (Phi) is 6.13. The smallest absolute Gasteiger partial charge is 0.336 e. The average Bonchev–Trinajstić information content (AvgIpc) is 3.08. The van der Waals surface area contributed by atoms with Crippen LogP contribution in [0, 0.1) is 0 Å². The first kappa shape index (κ1) is 22.9. The number of amides is 2. The summed E-state index contributed by atoms with van der Waals surface area (Å²) in [6, 6.07) is 1.25. The van der Waals surface area contributed by atoms with Crippen LogP contribution in [-0.2, 0) is 11.0 Å². The molecule has 2 aromatic heterocycles. The summed E-state index contributed by atoms with van der Waals surface area (Å²) in [6.45, 7) is 4.13. The number of pyridine rings is 1. The van der Waals surface area contributed by atoms with Gasteiger partial charge in [0.25, 0.3) is 5.91 Å². The summed E-state index contributed by atoms with van der Waals surface area (Å²) in [6.07, 6.45) is 2.12. The molecule has 174 valence electrons. The van der Waals surface area contributed by atoms with E-state index >= 15 is 0 Å². The number of halogens is 4. The quantitative estimate of drug-likeness (QED) is 0.650. The molecule has 0 N–H and O–H groups in total. The van der Waals surface area contributed by atoms with Crippen LogP contribution in [0.5, 0.6) is 0 Å². The van der Waals surface area contributed by atoms with Crippen LogP contribution in [0.4, 0.5) is 13.2 Å². The van der Waals surface area contributed by atoms with Gasteiger partial charge in [-0.2, -0.15) is 13.2 Å². The van der Waals surface area contributed by atoms with Crippen molar-refractivity contribution in [2.45, 2.75) is 64.1 Å². The first-order valence-electron chi connectivity index (χ1n) is 11.0. The SMILES string of the molecule is CC(C)c1cc(C(F)(F)F)c2nc(C(=O)N3CCN(C4CCCCC4)C(=O)C3)c(Cl)n2c1. The standard InChI is InChI=1S/C22H26ClF3N4O2/c1-13(2)14-10-16(22(24,25)26)20-27-18(19(23)30(20)11-14)21(32)28-8-9-29(17(31)12-28)15-6-4-3-5-7-15/h10-11,13,15H,3-9,12H2,1-2H3. The number of rotatable bonds is 3. The van der Waals surface area contributed by atoms with Crippen molar-refractivity contribution in [2.75, 3.05) is 19.6 Å². The van der Waals surface area contributed by atoms with Crippen LogP contribution in [0.1, 0.15) is 73.5 Å². The second-order valence-corrected chi connectivity index (χ2v) is 9.25. The average molecular weight is 471 g/mol. The summed E-state index contributed by atoms with van der Waals surface area (Å²) >= 11 is 6.35. The molecule has 6 nitrogen and oxygen atoms in total. The van der Waals surface area contributed by atoms with Gasteiger partial charge in [-0.15, -0.1) is 0 Å². The number of hydrogen-bond acceptors (Lipinski definition) is 3. The highest BCUT2D eigenvalue weighted by Gasteiger charge is 2.38. The zero-order valence-electron chi connectivity index (χ0n) is 18.1. The van der Waals surface area contributed by atoms with Gasteiger partial charge in [0.2, 0.25) is 5.91 Å². The van der Waals surface area contributed by atoms with Crippen molar-refractivity contribution >= 4 is 29.1 Å². The maximum Gasteiger partial charge on any atom is 0.419 e. The van der Waals surface area contributed by atoms with Crippen LogP contribution in [0.2, 0.25) is 5.15 Å². The Hall–Kier alpha value is -2.29. The lowest BCUT2D eigenvalue weighted by molar-refractivity contribution is -0.138. The third kappa shape index (κ3) is 4.19. The molecule has 0 radical (unpaired) electrons. The van der Waals surface area contributed by atoms with Crippen LogP contribution < -0.4 is 0 Å². The Bertz CT molecular complexity index is 1040. The van der Waals surface area contributed by atoms with Crippen LogP contribution in [0.25, 0.3) is 5.65 Å². The molecular weight excluding hydrogens is 445 g/mol. The van der Waals surface area contributed by atoms with Crippen LogP contribution in [0.15, 0.2) is 12.3 Å². The molecule has 2 aliphatic rings. The second kappa shape index (κ2) is 8.57.